The van der Waals surface area contributed by atoms with Crippen LogP contribution in [0, 0.1) is 0 Å². The number of aliphatic hydroxyl groups is 1. The molecule has 0 fully saturated rings. The topological polar surface area (TPSA) is 77.0 Å². The summed E-state index contributed by atoms with van der Waals surface area (Å²) < 4.78 is 15.1. The van der Waals surface area contributed by atoms with Gasteiger partial charge >= 0.3 is 0 Å². The van der Waals surface area contributed by atoms with E-state index in [1.807, 2.05) is 0 Å². The summed E-state index contributed by atoms with van der Waals surface area (Å²) in [4.78, 5) is 11.3. The maximum atomic E-state index is 11.3. The minimum atomic E-state index is -0.254. The fraction of sp³-hybridized carbons (Fsp3) is 0.417. The first-order valence-corrected chi connectivity index (χ1v) is 5.41. The smallest absolute Gasteiger partial charge is 0.250 e. The van der Waals surface area contributed by atoms with Crippen LogP contribution < -0.4 is 14.8 Å². The SMILES string of the molecule is COCC(=O)Nc1ccc(OC)c(OCCO)c1. The van der Waals surface area contributed by atoms with Gasteiger partial charge in [0.25, 0.3) is 0 Å². The van der Waals surface area contributed by atoms with E-state index in [2.05, 4.69) is 5.32 Å². The van der Waals surface area contributed by atoms with Crippen LogP contribution in [0.15, 0.2) is 18.2 Å². The van der Waals surface area contributed by atoms with E-state index < -0.39 is 0 Å². The molecule has 1 amide bonds. The zero-order valence-electron chi connectivity index (χ0n) is 10.4. The number of methoxy groups -OCH3 is 2. The fourth-order valence-corrected chi connectivity index (χ4v) is 1.35. The number of hydrogen-bond acceptors (Lipinski definition) is 5. The monoisotopic (exact) mass is 255 g/mol. The van der Waals surface area contributed by atoms with E-state index in [1.54, 1.807) is 18.2 Å². The number of rotatable bonds is 7. The van der Waals surface area contributed by atoms with Gasteiger partial charge in [-0.3, -0.25) is 4.79 Å². The molecule has 0 aliphatic rings. The van der Waals surface area contributed by atoms with Crippen molar-refractivity contribution in [3.05, 3.63) is 18.2 Å². The largest absolute Gasteiger partial charge is 0.493 e. The molecular weight excluding hydrogens is 238 g/mol. The van der Waals surface area contributed by atoms with Gasteiger partial charge in [-0.15, -0.1) is 0 Å². The van der Waals surface area contributed by atoms with Crippen LogP contribution in [-0.4, -0.2) is 45.1 Å². The number of amides is 1. The van der Waals surface area contributed by atoms with Crippen molar-refractivity contribution in [3.63, 3.8) is 0 Å². The highest BCUT2D eigenvalue weighted by atomic mass is 16.5. The van der Waals surface area contributed by atoms with Gasteiger partial charge in [0.2, 0.25) is 5.91 Å². The van der Waals surface area contributed by atoms with Gasteiger partial charge in [0.1, 0.15) is 13.2 Å². The lowest BCUT2D eigenvalue weighted by Crippen LogP contribution is -2.17. The average molecular weight is 255 g/mol. The van der Waals surface area contributed by atoms with Crippen LogP contribution in [0.25, 0.3) is 0 Å². The molecule has 0 bridgehead atoms. The Morgan fingerprint density at radius 1 is 1.33 bits per heavy atom. The van der Waals surface area contributed by atoms with Gasteiger partial charge in [-0.05, 0) is 12.1 Å². The third-order valence-electron chi connectivity index (χ3n) is 2.07. The van der Waals surface area contributed by atoms with E-state index in [-0.39, 0.29) is 25.7 Å². The summed E-state index contributed by atoms with van der Waals surface area (Å²) in [6.45, 7) is 0.0497. The Bertz CT molecular complexity index is 394. The van der Waals surface area contributed by atoms with Crippen molar-refractivity contribution in [2.75, 3.05) is 39.4 Å². The number of aliphatic hydroxyl groups excluding tert-OH is 1. The van der Waals surface area contributed by atoms with E-state index in [0.717, 1.165) is 0 Å². The van der Waals surface area contributed by atoms with Gasteiger partial charge in [-0.25, -0.2) is 0 Å². The first-order chi connectivity index (χ1) is 8.71. The molecule has 0 spiro atoms. The van der Waals surface area contributed by atoms with E-state index in [4.69, 9.17) is 19.3 Å². The van der Waals surface area contributed by atoms with Crippen LogP contribution >= 0.6 is 0 Å². The standard InChI is InChI=1S/C12H17NO5/c1-16-8-12(15)13-9-3-4-10(17-2)11(7-9)18-6-5-14/h3-4,7,14H,5-6,8H2,1-2H3,(H,13,15). The van der Waals surface area contributed by atoms with E-state index in [0.29, 0.717) is 17.2 Å². The van der Waals surface area contributed by atoms with Crippen molar-refractivity contribution in [1.29, 1.82) is 0 Å². The molecule has 0 saturated heterocycles. The predicted octanol–water partition coefficient (Wildman–Crippen LogP) is 0.651. The molecular formula is C12H17NO5. The molecule has 0 aliphatic heterocycles. The van der Waals surface area contributed by atoms with Gasteiger partial charge in [0, 0.05) is 18.9 Å². The Balaban J connectivity index is 2.78. The van der Waals surface area contributed by atoms with Crippen molar-refractivity contribution in [2.45, 2.75) is 0 Å². The number of carbonyl (C=O) groups excluding carboxylic acids is 1. The van der Waals surface area contributed by atoms with Crippen LogP contribution in [0.4, 0.5) is 5.69 Å². The molecule has 1 aromatic carbocycles. The summed E-state index contributed by atoms with van der Waals surface area (Å²) in [5, 5.41) is 11.4. The van der Waals surface area contributed by atoms with Gasteiger partial charge < -0.3 is 24.6 Å². The summed E-state index contributed by atoms with van der Waals surface area (Å²) >= 11 is 0. The molecule has 0 saturated carbocycles. The number of hydrogen-bond donors (Lipinski definition) is 2. The Morgan fingerprint density at radius 3 is 2.72 bits per heavy atom. The van der Waals surface area contributed by atoms with Crippen molar-refractivity contribution in [3.8, 4) is 11.5 Å². The Kier molecular flexibility index (Phi) is 5.96. The number of anilines is 1. The first-order valence-electron chi connectivity index (χ1n) is 5.41. The van der Waals surface area contributed by atoms with Crippen LogP contribution in [0.5, 0.6) is 11.5 Å². The summed E-state index contributed by atoms with van der Waals surface area (Å²) in [7, 11) is 2.97. The number of benzene rings is 1. The van der Waals surface area contributed by atoms with Crippen LogP contribution in [0.2, 0.25) is 0 Å². The maximum Gasteiger partial charge on any atom is 0.250 e. The predicted molar refractivity (Wildman–Crippen MR) is 66.1 cm³/mol. The highest BCUT2D eigenvalue weighted by Crippen LogP contribution is 2.30. The molecule has 0 radical (unpaired) electrons. The molecule has 100 valence electrons. The van der Waals surface area contributed by atoms with Crippen molar-refractivity contribution >= 4 is 11.6 Å². The highest BCUT2D eigenvalue weighted by molar-refractivity contribution is 5.92. The van der Waals surface area contributed by atoms with E-state index >= 15 is 0 Å². The summed E-state index contributed by atoms with van der Waals surface area (Å²) in [6.07, 6.45) is 0. The zero-order valence-corrected chi connectivity index (χ0v) is 10.4. The lowest BCUT2D eigenvalue weighted by Gasteiger charge is -2.12. The van der Waals surface area contributed by atoms with Crippen molar-refractivity contribution in [2.24, 2.45) is 0 Å². The normalized spacial score (nSPS) is 9.94. The van der Waals surface area contributed by atoms with Crippen LogP contribution in [-0.2, 0) is 9.53 Å². The minimum absolute atomic E-state index is 0.0150. The molecule has 0 atom stereocenters. The second-order valence-corrected chi connectivity index (χ2v) is 3.42. The number of nitrogens with one attached hydrogen (secondary N) is 1. The minimum Gasteiger partial charge on any atom is -0.493 e. The third kappa shape index (κ3) is 4.23. The summed E-state index contributed by atoms with van der Waals surface area (Å²) in [6, 6.07) is 5.00. The summed E-state index contributed by atoms with van der Waals surface area (Å²) in [5.41, 5.74) is 0.575. The Morgan fingerprint density at radius 2 is 2.11 bits per heavy atom. The Hall–Kier alpha value is -1.79. The van der Waals surface area contributed by atoms with Crippen LogP contribution in [0.1, 0.15) is 0 Å². The molecule has 6 nitrogen and oxygen atoms in total. The average Bonchev–Trinajstić information content (AvgIpc) is 2.36. The lowest BCUT2D eigenvalue weighted by atomic mass is 10.2. The molecule has 1 rings (SSSR count). The van der Waals surface area contributed by atoms with Crippen LogP contribution in [0.3, 0.4) is 0 Å². The molecule has 1 aromatic rings. The third-order valence-corrected chi connectivity index (χ3v) is 2.07. The quantitative estimate of drug-likeness (QED) is 0.748. The lowest BCUT2D eigenvalue weighted by molar-refractivity contribution is -0.119. The van der Waals surface area contributed by atoms with Gasteiger partial charge in [0.05, 0.1) is 13.7 Å². The fourth-order valence-electron chi connectivity index (χ4n) is 1.35. The number of carbonyl (C=O) groups is 1. The van der Waals surface area contributed by atoms with Crippen molar-refractivity contribution in [1.82, 2.24) is 0 Å². The highest BCUT2D eigenvalue weighted by Gasteiger charge is 2.07. The maximum absolute atomic E-state index is 11.3. The molecule has 2 N–H and O–H groups in total. The second-order valence-electron chi connectivity index (χ2n) is 3.42. The molecule has 0 heterocycles. The molecule has 18 heavy (non-hydrogen) atoms. The summed E-state index contributed by atoms with van der Waals surface area (Å²) in [5.74, 6) is 0.741. The van der Waals surface area contributed by atoms with Gasteiger partial charge in [-0.2, -0.15) is 0 Å². The van der Waals surface area contributed by atoms with E-state index in [9.17, 15) is 4.79 Å². The zero-order chi connectivity index (χ0) is 13.4. The Labute approximate surface area is 105 Å². The molecule has 0 aliphatic carbocycles. The van der Waals surface area contributed by atoms with Gasteiger partial charge in [-0.1, -0.05) is 0 Å². The van der Waals surface area contributed by atoms with E-state index in [1.165, 1.54) is 14.2 Å². The molecule has 6 heteroatoms. The molecule has 0 unspecified atom stereocenters. The van der Waals surface area contributed by atoms with Crippen molar-refractivity contribution < 1.29 is 24.1 Å². The number of ether oxygens (including phenoxy) is 3. The molecule has 0 aromatic heterocycles. The second kappa shape index (κ2) is 7.52. The van der Waals surface area contributed by atoms with Gasteiger partial charge in [0.15, 0.2) is 11.5 Å². The first kappa shape index (κ1) is 14.3.